The first kappa shape index (κ1) is 29.7. The van der Waals surface area contributed by atoms with E-state index in [0.717, 1.165) is 30.5 Å². The number of rotatable bonds is 7. The first-order valence-electron chi connectivity index (χ1n) is 13.7. The fourth-order valence-corrected chi connectivity index (χ4v) is 6.17. The van der Waals surface area contributed by atoms with Gasteiger partial charge in [0.05, 0.1) is 28.5 Å². The monoisotopic (exact) mass is 614 g/mol. The maximum absolute atomic E-state index is 13.3. The summed E-state index contributed by atoms with van der Waals surface area (Å²) in [6.07, 6.45) is 2.97. The van der Waals surface area contributed by atoms with E-state index in [2.05, 4.69) is 22.5 Å². The molecule has 2 aliphatic rings. The van der Waals surface area contributed by atoms with Crippen molar-refractivity contribution in [2.45, 2.75) is 32.4 Å². The molecule has 1 fully saturated rings. The maximum atomic E-state index is 13.3. The summed E-state index contributed by atoms with van der Waals surface area (Å²) in [7, 11) is 0. The van der Waals surface area contributed by atoms with Gasteiger partial charge in [-0.1, -0.05) is 36.2 Å². The van der Waals surface area contributed by atoms with Crippen LogP contribution < -0.4 is 16.4 Å². The van der Waals surface area contributed by atoms with Gasteiger partial charge in [-0.25, -0.2) is 9.79 Å². The van der Waals surface area contributed by atoms with E-state index < -0.39 is 17.9 Å². The summed E-state index contributed by atoms with van der Waals surface area (Å²) in [4.78, 5) is 46.5. The zero-order valence-electron chi connectivity index (χ0n) is 23.0. The van der Waals surface area contributed by atoms with Gasteiger partial charge < -0.3 is 35.7 Å². The maximum Gasteiger partial charge on any atom is 0.328 e. The lowest BCUT2D eigenvalue weighted by molar-refractivity contribution is -0.139. The normalized spacial score (nSPS) is 17.7. The fraction of sp³-hybridized carbons (Fsp3) is 0.379. The number of amides is 2. The Morgan fingerprint density at radius 3 is 2.71 bits per heavy atom. The number of hydrogen-bond acceptors (Lipinski definition) is 6. The van der Waals surface area contributed by atoms with Crippen molar-refractivity contribution in [2.75, 3.05) is 32.8 Å². The molecule has 0 spiro atoms. The zero-order valence-corrected chi connectivity index (χ0v) is 24.5. The van der Waals surface area contributed by atoms with Crippen molar-refractivity contribution in [1.82, 2.24) is 20.4 Å². The number of likely N-dealkylation sites (tertiary alicyclic amines) is 1. The number of carboxylic acid groups (broad SMARTS) is 1. The third kappa shape index (κ3) is 6.18. The van der Waals surface area contributed by atoms with Crippen molar-refractivity contribution < 1.29 is 23.9 Å². The molecule has 2 aliphatic heterocycles. The second kappa shape index (κ2) is 12.6. The minimum Gasteiger partial charge on any atom is -0.480 e. The van der Waals surface area contributed by atoms with E-state index in [9.17, 15) is 19.5 Å². The number of hydrogen-bond donors (Lipinski definition) is 4. The largest absolute Gasteiger partial charge is 0.480 e. The van der Waals surface area contributed by atoms with Crippen molar-refractivity contribution in [3.05, 3.63) is 68.9 Å². The standard InChI is InChI=1S/C29H32Cl2N6O5/c1-16-4-7-37(13-16)29(34-15-32)33-12-22(28(40)41)35-26(38)24-21(30)10-19-14-36(8-5-20(19)25(24)31)27(39)18-3-2-17-6-9-42-23(17)11-18/h2-3,6,9-11,16,22H,4-5,7-8,12-15,32H2,1H3,(H,33,34)(H,35,38)(H,40,41)/t16-,22-/m0/s1. The zero-order chi connectivity index (χ0) is 30.0. The van der Waals surface area contributed by atoms with Crippen LogP contribution in [0.2, 0.25) is 10.0 Å². The van der Waals surface area contributed by atoms with Gasteiger partial charge in [-0.15, -0.1) is 0 Å². The van der Waals surface area contributed by atoms with Crippen LogP contribution in [0, 0.1) is 5.92 Å². The molecule has 3 heterocycles. The van der Waals surface area contributed by atoms with Crippen LogP contribution in [0.3, 0.4) is 0 Å². The van der Waals surface area contributed by atoms with Crippen LogP contribution in [-0.2, 0) is 17.8 Å². The number of guanidine groups is 1. The Morgan fingerprint density at radius 2 is 2.00 bits per heavy atom. The smallest absolute Gasteiger partial charge is 0.328 e. The average molecular weight is 616 g/mol. The van der Waals surface area contributed by atoms with Gasteiger partial charge in [0.2, 0.25) is 0 Å². The number of fused-ring (bicyclic) bond motifs is 2. The molecule has 5 rings (SSSR count). The van der Waals surface area contributed by atoms with Gasteiger partial charge in [-0.3, -0.25) is 9.59 Å². The molecule has 2 atom stereocenters. The summed E-state index contributed by atoms with van der Waals surface area (Å²) >= 11 is 13.2. The van der Waals surface area contributed by atoms with Crippen LogP contribution in [0.5, 0.6) is 0 Å². The summed E-state index contributed by atoms with van der Waals surface area (Å²) < 4.78 is 5.43. The lowest BCUT2D eigenvalue weighted by Crippen LogP contribution is -2.51. The molecule has 1 saturated heterocycles. The number of aliphatic carboxylic acids is 1. The van der Waals surface area contributed by atoms with Crippen LogP contribution in [0.1, 0.15) is 45.2 Å². The molecule has 11 nitrogen and oxygen atoms in total. The highest BCUT2D eigenvalue weighted by Gasteiger charge is 2.30. The number of carbonyl (C=O) groups is 3. The van der Waals surface area contributed by atoms with Gasteiger partial charge in [-0.05, 0) is 54.2 Å². The lowest BCUT2D eigenvalue weighted by atomic mass is 9.96. The third-order valence-corrected chi connectivity index (χ3v) is 8.37. The Kier molecular flexibility index (Phi) is 8.91. The number of benzene rings is 2. The average Bonchev–Trinajstić information content (AvgIpc) is 3.62. The summed E-state index contributed by atoms with van der Waals surface area (Å²) in [5.41, 5.74) is 8.16. The Bertz CT molecular complexity index is 1560. The molecule has 2 amide bonds. The van der Waals surface area contributed by atoms with Gasteiger partial charge in [0.1, 0.15) is 11.6 Å². The van der Waals surface area contributed by atoms with E-state index in [1.54, 1.807) is 29.4 Å². The predicted molar refractivity (Wildman–Crippen MR) is 160 cm³/mol. The van der Waals surface area contributed by atoms with Crippen LogP contribution >= 0.6 is 23.2 Å². The molecule has 1 aromatic heterocycles. The Morgan fingerprint density at radius 1 is 1.19 bits per heavy atom. The van der Waals surface area contributed by atoms with Crippen molar-refractivity contribution >= 4 is 57.9 Å². The molecule has 0 bridgehead atoms. The molecule has 13 heteroatoms. The molecule has 0 unspecified atom stereocenters. The molecule has 2 aromatic carbocycles. The highest BCUT2D eigenvalue weighted by molar-refractivity contribution is 6.40. The van der Waals surface area contributed by atoms with Gasteiger partial charge in [0, 0.05) is 43.7 Å². The van der Waals surface area contributed by atoms with E-state index >= 15 is 0 Å². The predicted octanol–water partition coefficient (Wildman–Crippen LogP) is 3.32. The molecule has 42 heavy (non-hydrogen) atoms. The van der Waals surface area contributed by atoms with Crippen LogP contribution in [0.4, 0.5) is 0 Å². The third-order valence-electron chi connectivity index (χ3n) is 7.65. The lowest BCUT2D eigenvalue weighted by Gasteiger charge is -2.30. The molecule has 5 N–H and O–H groups in total. The fourth-order valence-electron chi connectivity index (χ4n) is 5.41. The van der Waals surface area contributed by atoms with E-state index in [4.69, 9.17) is 33.4 Å². The van der Waals surface area contributed by atoms with Gasteiger partial charge >= 0.3 is 5.97 Å². The first-order valence-corrected chi connectivity index (χ1v) is 14.4. The Hall–Kier alpha value is -3.80. The van der Waals surface area contributed by atoms with Crippen LogP contribution in [0.15, 0.2) is 46.0 Å². The number of furan rings is 1. The SMILES string of the molecule is C[C@H]1CCN(/C(=N\CN)NC[C@H](NC(=O)c2c(Cl)cc3c(c2Cl)CCN(C(=O)c2ccc4ccoc4c2)C3)C(=O)O)C1. The van der Waals surface area contributed by atoms with Crippen LogP contribution in [0.25, 0.3) is 11.0 Å². The number of nitrogens with zero attached hydrogens (tertiary/aromatic N) is 3. The van der Waals surface area contributed by atoms with E-state index in [0.29, 0.717) is 41.6 Å². The molecule has 0 aliphatic carbocycles. The van der Waals surface area contributed by atoms with E-state index in [-0.39, 0.29) is 41.3 Å². The molecular formula is C29H32Cl2N6O5. The van der Waals surface area contributed by atoms with Gasteiger partial charge in [0.25, 0.3) is 11.8 Å². The number of halogens is 2. The molecule has 222 valence electrons. The number of nitrogens with one attached hydrogen (secondary N) is 2. The summed E-state index contributed by atoms with van der Waals surface area (Å²) in [6.45, 7) is 4.24. The van der Waals surface area contributed by atoms with Crippen molar-refractivity contribution in [2.24, 2.45) is 16.6 Å². The molecule has 0 saturated carbocycles. The van der Waals surface area contributed by atoms with Crippen molar-refractivity contribution in [1.29, 1.82) is 0 Å². The highest BCUT2D eigenvalue weighted by atomic mass is 35.5. The molecule has 0 radical (unpaired) electrons. The number of carboxylic acids is 1. The minimum atomic E-state index is -1.29. The van der Waals surface area contributed by atoms with Crippen molar-refractivity contribution in [3.8, 4) is 0 Å². The van der Waals surface area contributed by atoms with Crippen molar-refractivity contribution in [3.63, 3.8) is 0 Å². The highest BCUT2D eigenvalue weighted by Crippen LogP contribution is 2.35. The number of carbonyl (C=O) groups excluding carboxylic acids is 2. The molecule has 3 aromatic rings. The minimum absolute atomic E-state index is 0.00408. The summed E-state index contributed by atoms with van der Waals surface area (Å²) in [5.74, 6) is -1.13. The summed E-state index contributed by atoms with van der Waals surface area (Å²) in [6, 6.07) is 7.46. The Labute approximate surface area is 252 Å². The topological polar surface area (TPSA) is 154 Å². The molecular weight excluding hydrogens is 583 g/mol. The van der Waals surface area contributed by atoms with Crippen LogP contribution in [-0.4, -0.2) is 77.5 Å². The second-order valence-electron chi connectivity index (χ2n) is 10.6. The van der Waals surface area contributed by atoms with Gasteiger partial charge in [-0.2, -0.15) is 0 Å². The van der Waals surface area contributed by atoms with E-state index in [1.807, 2.05) is 17.0 Å². The number of aliphatic imine (C=N–C) groups is 1. The first-order chi connectivity index (χ1) is 20.2. The number of nitrogens with two attached hydrogens (primary N) is 1. The second-order valence-corrected chi connectivity index (χ2v) is 11.4. The quantitative estimate of drug-likeness (QED) is 0.233. The van der Waals surface area contributed by atoms with E-state index in [1.165, 1.54) is 0 Å². The van der Waals surface area contributed by atoms with Gasteiger partial charge in [0.15, 0.2) is 5.96 Å². The Balaban J connectivity index is 1.28. The summed E-state index contributed by atoms with van der Waals surface area (Å²) in [5, 5.41) is 16.5.